The number of nitrogens with zero attached hydrogens (tertiary/aromatic N) is 3. The number of aliphatic imine (C=N–C) groups is 1. The molecular weight excluding hydrogens is 483 g/mol. The van der Waals surface area contributed by atoms with Crippen molar-refractivity contribution in [2.45, 2.75) is 38.4 Å². The first-order valence-electron chi connectivity index (χ1n) is 9.69. The lowest BCUT2D eigenvalue weighted by Crippen LogP contribution is -2.53. The number of sulfonamides is 1. The van der Waals surface area contributed by atoms with Crippen molar-refractivity contribution in [2.24, 2.45) is 10.9 Å². The molecular formula is C17H33IN4O4S. The molecule has 0 spiro atoms. The molecule has 10 heteroatoms. The molecule has 3 rings (SSSR count). The third-order valence-corrected chi connectivity index (χ3v) is 6.59. The zero-order chi connectivity index (χ0) is 18.6. The van der Waals surface area contributed by atoms with Gasteiger partial charge in [-0.15, -0.1) is 24.0 Å². The minimum atomic E-state index is -3.09. The maximum Gasteiger partial charge on any atom is 0.211 e. The van der Waals surface area contributed by atoms with E-state index in [0.717, 1.165) is 51.5 Å². The Morgan fingerprint density at radius 2 is 1.93 bits per heavy atom. The molecule has 3 saturated heterocycles. The van der Waals surface area contributed by atoms with E-state index in [4.69, 9.17) is 14.5 Å². The highest BCUT2D eigenvalue weighted by Gasteiger charge is 2.33. The highest BCUT2D eigenvalue weighted by atomic mass is 127. The van der Waals surface area contributed by atoms with Gasteiger partial charge < -0.3 is 19.7 Å². The molecule has 0 saturated carbocycles. The highest BCUT2D eigenvalue weighted by Crippen LogP contribution is 2.22. The van der Waals surface area contributed by atoms with Crippen molar-refractivity contribution in [1.82, 2.24) is 14.5 Å². The largest absolute Gasteiger partial charge is 0.375 e. The summed E-state index contributed by atoms with van der Waals surface area (Å²) in [4.78, 5) is 7.06. The Bertz CT molecular complexity index is 598. The average Bonchev–Trinajstić information content (AvgIpc) is 3.30. The summed E-state index contributed by atoms with van der Waals surface area (Å²) in [6.45, 7) is 7.81. The van der Waals surface area contributed by atoms with Crippen molar-refractivity contribution in [3.8, 4) is 0 Å². The Morgan fingerprint density at radius 3 is 2.56 bits per heavy atom. The van der Waals surface area contributed by atoms with Crippen molar-refractivity contribution in [2.75, 3.05) is 58.7 Å². The van der Waals surface area contributed by atoms with Crippen LogP contribution in [0.15, 0.2) is 4.99 Å². The number of nitrogens with one attached hydrogen (secondary N) is 1. The predicted octanol–water partition coefficient (Wildman–Crippen LogP) is 0.731. The fourth-order valence-corrected chi connectivity index (χ4v) is 4.80. The van der Waals surface area contributed by atoms with E-state index in [1.807, 2.05) is 0 Å². The lowest BCUT2D eigenvalue weighted by Gasteiger charge is -2.37. The van der Waals surface area contributed by atoms with E-state index in [0.29, 0.717) is 26.2 Å². The fraction of sp³-hybridized carbons (Fsp3) is 0.941. The van der Waals surface area contributed by atoms with E-state index in [9.17, 15) is 8.42 Å². The zero-order valence-electron chi connectivity index (χ0n) is 16.3. The first kappa shape index (κ1) is 23.1. The Hall–Kier alpha value is -0.170. The predicted molar refractivity (Wildman–Crippen MR) is 116 cm³/mol. The molecule has 0 aromatic heterocycles. The zero-order valence-corrected chi connectivity index (χ0v) is 19.4. The maximum atomic E-state index is 11.7. The Morgan fingerprint density at radius 1 is 1.15 bits per heavy atom. The van der Waals surface area contributed by atoms with Crippen LogP contribution in [-0.4, -0.2) is 94.5 Å². The molecule has 158 valence electrons. The van der Waals surface area contributed by atoms with Gasteiger partial charge in [0.05, 0.1) is 19.0 Å². The molecule has 0 aliphatic carbocycles. The first-order valence-corrected chi connectivity index (χ1v) is 11.5. The number of morpholine rings is 1. The van der Waals surface area contributed by atoms with Crippen LogP contribution in [0.25, 0.3) is 0 Å². The van der Waals surface area contributed by atoms with Crippen molar-refractivity contribution in [3.63, 3.8) is 0 Å². The van der Waals surface area contributed by atoms with Crippen LogP contribution in [0.4, 0.5) is 0 Å². The number of rotatable bonds is 5. The van der Waals surface area contributed by atoms with Crippen LogP contribution in [0, 0.1) is 5.92 Å². The maximum absolute atomic E-state index is 11.7. The normalized spacial score (nSPS) is 30.4. The minimum Gasteiger partial charge on any atom is -0.375 e. The Kier molecular flexibility index (Phi) is 9.04. The SMILES string of the molecule is CCNC(=NCC1CCN(S(C)(=O)=O)C1)N1CCOC(C2CCCO2)C1.I. The molecule has 3 fully saturated rings. The van der Waals surface area contributed by atoms with Crippen molar-refractivity contribution in [3.05, 3.63) is 0 Å². The van der Waals surface area contributed by atoms with Gasteiger partial charge in [0.25, 0.3) is 0 Å². The molecule has 0 aromatic rings. The van der Waals surface area contributed by atoms with E-state index in [1.165, 1.54) is 6.26 Å². The minimum absolute atomic E-state index is 0. The number of hydrogen-bond donors (Lipinski definition) is 1. The summed E-state index contributed by atoms with van der Waals surface area (Å²) in [5.41, 5.74) is 0. The monoisotopic (exact) mass is 516 g/mol. The molecule has 3 heterocycles. The summed E-state index contributed by atoms with van der Waals surface area (Å²) in [6.07, 6.45) is 4.62. The Labute approximate surface area is 180 Å². The second-order valence-corrected chi connectivity index (χ2v) is 9.36. The molecule has 0 radical (unpaired) electrons. The highest BCUT2D eigenvalue weighted by molar-refractivity contribution is 14.0. The average molecular weight is 516 g/mol. The second kappa shape index (κ2) is 10.6. The second-order valence-electron chi connectivity index (χ2n) is 7.38. The van der Waals surface area contributed by atoms with Crippen molar-refractivity contribution in [1.29, 1.82) is 0 Å². The lowest BCUT2D eigenvalue weighted by atomic mass is 10.1. The van der Waals surface area contributed by atoms with Crippen molar-refractivity contribution < 1.29 is 17.9 Å². The van der Waals surface area contributed by atoms with E-state index in [2.05, 4.69) is 17.1 Å². The van der Waals surface area contributed by atoms with Crippen LogP contribution < -0.4 is 5.32 Å². The van der Waals surface area contributed by atoms with Gasteiger partial charge in [0, 0.05) is 45.9 Å². The molecule has 3 aliphatic rings. The summed E-state index contributed by atoms with van der Waals surface area (Å²) in [6, 6.07) is 0. The number of guanidine groups is 1. The van der Waals surface area contributed by atoms with Crippen LogP contribution in [0.1, 0.15) is 26.2 Å². The number of ether oxygens (including phenoxy) is 2. The smallest absolute Gasteiger partial charge is 0.211 e. The van der Waals surface area contributed by atoms with Crippen LogP contribution in [0.2, 0.25) is 0 Å². The first-order chi connectivity index (χ1) is 12.5. The quantitative estimate of drug-likeness (QED) is 0.330. The molecule has 0 bridgehead atoms. The number of halogens is 1. The van der Waals surface area contributed by atoms with E-state index in [1.54, 1.807) is 4.31 Å². The number of hydrogen-bond acceptors (Lipinski definition) is 5. The molecule has 0 aromatic carbocycles. The molecule has 8 nitrogen and oxygen atoms in total. The van der Waals surface area contributed by atoms with E-state index >= 15 is 0 Å². The molecule has 27 heavy (non-hydrogen) atoms. The van der Waals surface area contributed by atoms with Gasteiger partial charge in [-0.1, -0.05) is 0 Å². The molecule has 3 aliphatic heterocycles. The van der Waals surface area contributed by atoms with E-state index in [-0.39, 0.29) is 42.1 Å². The summed E-state index contributed by atoms with van der Waals surface area (Å²) in [7, 11) is -3.09. The van der Waals surface area contributed by atoms with Gasteiger partial charge in [-0.3, -0.25) is 4.99 Å². The summed E-state index contributed by atoms with van der Waals surface area (Å²) >= 11 is 0. The summed E-state index contributed by atoms with van der Waals surface area (Å²) in [5, 5.41) is 3.38. The lowest BCUT2D eigenvalue weighted by molar-refractivity contribution is -0.0817. The van der Waals surface area contributed by atoms with Crippen LogP contribution >= 0.6 is 24.0 Å². The van der Waals surface area contributed by atoms with Gasteiger partial charge in [-0.05, 0) is 32.1 Å². The van der Waals surface area contributed by atoms with Gasteiger partial charge in [-0.25, -0.2) is 12.7 Å². The standard InChI is InChI=1S/C17H32N4O4S.HI/c1-3-18-17(19-11-14-6-7-21(12-14)26(2,22)23)20-8-10-25-16(13-20)15-5-4-9-24-15;/h14-16H,3-13H2,1-2H3,(H,18,19);1H. The van der Waals surface area contributed by atoms with Crippen molar-refractivity contribution >= 4 is 40.0 Å². The summed E-state index contributed by atoms with van der Waals surface area (Å²) < 4.78 is 36.6. The van der Waals surface area contributed by atoms with Gasteiger partial charge in [0.15, 0.2) is 5.96 Å². The van der Waals surface area contributed by atoms with E-state index < -0.39 is 10.0 Å². The van der Waals surface area contributed by atoms with Gasteiger partial charge >= 0.3 is 0 Å². The Balaban J connectivity index is 0.00000261. The fourth-order valence-electron chi connectivity index (χ4n) is 3.88. The third-order valence-electron chi connectivity index (χ3n) is 5.32. The van der Waals surface area contributed by atoms with Gasteiger partial charge in [0.1, 0.15) is 6.10 Å². The van der Waals surface area contributed by atoms with Gasteiger partial charge in [0.2, 0.25) is 10.0 Å². The molecule has 3 unspecified atom stereocenters. The third kappa shape index (κ3) is 6.41. The summed E-state index contributed by atoms with van der Waals surface area (Å²) in [5.74, 6) is 1.19. The van der Waals surface area contributed by atoms with Crippen LogP contribution in [0.5, 0.6) is 0 Å². The molecule has 3 atom stereocenters. The van der Waals surface area contributed by atoms with Crippen LogP contribution in [0.3, 0.4) is 0 Å². The van der Waals surface area contributed by atoms with Crippen LogP contribution in [-0.2, 0) is 19.5 Å². The van der Waals surface area contributed by atoms with Gasteiger partial charge in [-0.2, -0.15) is 0 Å². The topological polar surface area (TPSA) is 83.5 Å². The molecule has 0 amide bonds. The molecule has 1 N–H and O–H groups in total.